The summed E-state index contributed by atoms with van der Waals surface area (Å²) in [5, 5.41) is 0.0439. The SMILES string of the molecule is Cc1cccc(CC(Cl)c2c(C)cc(C)cc2C)c1. The van der Waals surface area contributed by atoms with Crippen molar-refractivity contribution >= 4 is 11.6 Å². The third kappa shape index (κ3) is 3.39. The van der Waals surface area contributed by atoms with E-state index in [2.05, 4.69) is 64.1 Å². The Morgan fingerprint density at radius 3 is 2.11 bits per heavy atom. The molecule has 1 unspecified atom stereocenters. The normalized spacial score (nSPS) is 12.5. The van der Waals surface area contributed by atoms with E-state index in [1.807, 2.05) is 0 Å². The maximum Gasteiger partial charge on any atom is 0.0630 e. The molecule has 0 bridgehead atoms. The van der Waals surface area contributed by atoms with Crippen LogP contribution in [0, 0.1) is 27.7 Å². The molecule has 0 aliphatic carbocycles. The minimum Gasteiger partial charge on any atom is -0.117 e. The number of rotatable bonds is 3. The van der Waals surface area contributed by atoms with Crippen molar-refractivity contribution in [1.29, 1.82) is 0 Å². The fourth-order valence-corrected chi connectivity index (χ4v) is 3.36. The van der Waals surface area contributed by atoms with Crippen LogP contribution in [0.5, 0.6) is 0 Å². The fourth-order valence-electron chi connectivity index (χ4n) is 2.83. The molecule has 1 heteroatoms. The first kappa shape index (κ1) is 14.1. The van der Waals surface area contributed by atoms with Crippen molar-refractivity contribution in [3.05, 3.63) is 69.8 Å². The molecule has 0 nitrogen and oxygen atoms in total. The zero-order valence-electron chi connectivity index (χ0n) is 12.1. The van der Waals surface area contributed by atoms with E-state index in [9.17, 15) is 0 Å². The van der Waals surface area contributed by atoms with Crippen LogP contribution in [0.1, 0.15) is 38.8 Å². The van der Waals surface area contributed by atoms with E-state index in [1.54, 1.807) is 0 Å². The highest BCUT2D eigenvalue weighted by atomic mass is 35.5. The van der Waals surface area contributed by atoms with Crippen LogP contribution in [0.2, 0.25) is 0 Å². The van der Waals surface area contributed by atoms with Gasteiger partial charge in [-0.05, 0) is 56.4 Å². The van der Waals surface area contributed by atoms with Gasteiger partial charge < -0.3 is 0 Å². The Kier molecular flexibility index (Phi) is 4.31. The summed E-state index contributed by atoms with van der Waals surface area (Å²) in [5.74, 6) is 0. The molecule has 2 rings (SSSR count). The summed E-state index contributed by atoms with van der Waals surface area (Å²) in [6, 6.07) is 13.0. The van der Waals surface area contributed by atoms with Gasteiger partial charge in [0.05, 0.1) is 5.38 Å². The molecule has 0 aliphatic heterocycles. The molecule has 0 saturated carbocycles. The molecule has 2 aromatic rings. The third-order valence-electron chi connectivity index (χ3n) is 3.55. The van der Waals surface area contributed by atoms with Crippen LogP contribution in [0.3, 0.4) is 0 Å². The predicted octanol–water partition coefficient (Wildman–Crippen LogP) is 5.44. The zero-order chi connectivity index (χ0) is 14.0. The van der Waals surface area contributed by atoms with E-state index in [0.29, 0.717) is 0 Å². The molecule has 0 N–H and O–H groups in total. The molecule has 0 amide bonds. The average molecular weight is 273 g/mol. The van der Waals surface area contributed by atoms with Crippen LogP contribution in [-0.4, -0.2) is 0 Å². The Bertz CT molecular complexity index is 561. The second kappa shape index (κ2) is 5.79. The van der Waals surface area contributed by atoms with E-state index in [0.717, 1.165) is 6.42 Å². The summed E-state index contributed by atoms with van der Waals surface area (Å²) in [4.78, 5) is 0. The lowest BCUT2D eigenvalue weighted by Crippen LogP contribution is -2.02. The summed E-state index contributed by atoms with van der Waals surface area (Å²) in [5.41, 5.74) is 7.78. The lowest BCUT2D eigenvalue weighted by molar-refractivity contribution is 0.897. The molecular formula is C18H21Cl. The average Bonchev–Trinajstić information content (AvgIpc) is 2.27. The number of hydrogen-bond donors (Lipinski definition) is 0. The van der Waals surface area contributed by atoms with Crippen molar-refractivity contribution in [1.82, 2.24) is 0 Å². The lowest BCUT2D eigenvalue weighted by Gasteiger charge is -2.17. The Morgan fingerprint density at radius 1 is 0.895 bits per heavy atom. The van der Waals surface area contributed by atoms with Gasteiger partial charge in [0.1, 0.15) is 0 Å². The van der Waals surface area contributed by atoms with Gasteiger partial charge in [-0.2, -0.15) is 0 Å². The molecule has 0 fully saturated rings. The van der Waals surface area contributed by atoms with Crippen LogP contribution < -0.4 is 0 Å². The van der Waals surface area contributed by atoms with Crippen molar-refractivity contribution in [2.24, 2.45) is 0 Å². The summed E-state index contributed by atoms with van der Waals surface area (Å²) >= 11 is 6.66. The van der Waals surface area contributed by atoms with Gasteiger partial charge in [0.25, 0.3) is 0 Å². The van der Waals surface area contributed by atoms with Gasteiger partial charge in [-0.1, -0.05) is 47.5 Å². The highest BCUT2D eigenvalue weighted by Crippen LogP contribution is 2.31. The van der Waals surface area contributed by atoms with E-state index in [1.165, 1.54) is 33.4 Å². The topological polar surface area (TPSA) is 0 Å². The van der Waals surface area contributed by atoms with Crippen LogP contribution in [0.4, 0.5) is 0 Å². The van der Waals surface area contributed by atoms with Gasteiger partial charge in [-0.15, -0.1) is 11.6 Å². The van der Waals surface area contributed by atoms with Gasteiger partial charge in [0.15, 0.2) is 0 Å². The molecule has 19 heavy (non-hydrogen) atoms. The first-order chi connectivity index (χ1) is 8.97. The van der Waals surface area contributed by atoms with Gasteiger partial charge in [-0.3, -0.25) is 0 Å². The van der Waals surface area contributed by atoms with E-state index in [-0.39, 0.29) is 5.38 Å². The lowest BCUT2D eigenvalue weighted by atomic mass is 9.94. The predicted molar refractivity (Wildman–Crippen MR) is 84.1 cm³/mol. The van der Waals surface area contributed by atoms with Gasteiger partial charge in [0, 0.05) is 0 Å². The van der Waals surface area contributed by atoms with Crippen molar-refractivity contribution < 1.29 is 0 Å². The standard InChI is InChI=1S/C18H21Cl/c1-12-6-5-7-16(10-12)11-17(19)18-14(3)8-13(2)9-15(18)4/h5-10,17H,11H2,1-4H3. The van der Waals surface area contributed by atoms with Crippen LogP contribution >= 0.6 is 11.6 Å². The van der Waals surface area contributed by atoms with E-state index < -0.39 is 0 Å². The number of hydrogen-bond acceptors (Lipinski definition) is 0. The van der Waals surface area contributed by atoms with Crippen molar-refractivity contribution in [2.75, 3.05) is 0 Å². The number of halogens is 1. The van der Waals surface area contributed by atoms with Crippen LogP contribution in [0.15, 0.2) is 36.4 Å². The van der Waals surface area contributed by atoms with Crippen molar-refractivity contribution in [2.45, 2.75) is 39.5 Å². The van der Waals surface area contributed by atoms with Crippen LogP contribution in [0.25, 0.3) is 0 Å². The summed E-state index contributed by atoms with van der Waals surface area (Å²) in [6.45, 7) is 8.56. The highest BCUT2D eigenvalue weighted by Gasteiger charge is 2.14. The molecule has 0 aliphatic rings. The first-order valence-electron chi connectivity index (χ1n) is 6.74. The Hall–Kier alpha value is -1.27. The zero-order valence-corrected chi connectivity index (χ0v) is 12.9. The maximum absolute atomic E-state index is 6.66. The second-order valence-corrected chi connectivity index (χ2v) is 6.00. The molecule has 0 aromatic heterocycles. The van der Waals surface area contributed by atoms with Crippen molar-refractivity contribution in [3.8, 4) is 0 Å². The van der Waals surface area contributed by atoms with Gasteiger partial charge in [-0.25, -0.2) is 0 Å². The monoisotopic (exact) mass is 272 g/mol. The minimum absolute atomic E-state index is 0.0439. The van der Waals surface area contributed by atoms with Gasteiger partial charge >= 0.3 is 0 Å². The minimum atomic E-state index is 0.0439. The quantitative estimate of drug-likeness (QED) is 0.653. The Morgan fingerprint density at radius 2 is 1.53 bits per heavy atom. The number of benzene rings is 2. The molecule has 2 aromatic carbocycles. The van der Waals surface area contributed by atoms with Crippen LogP contribution in [-0.2, 0) is 6.42 Å². The Balaban J connectivity index is 2.28. The second-order valence-electron chi connectivity index (χ2n) is 5.47. The molecule has 0 spiro atoms. The summed E-state index contributed by atoms with van der Waals surface area (Å²) in [6.07, 6.45) is 0.883. The Labute approximate surface area is 121 Å². The van der Waals surface area contributed by atoms with E-state index >= 15 is 0 Å². The first-order valence-corrected chi connectivity index (χ1v) is 7.18. The third-order valence-corrected chi connectivity index (χ3v) is 3.92. The molecule has 0 saturated heterocycles. The molecular weight excluding hydrogens is 252 g/mol. The molecule has 100 valence electrons. The molecule has 1 atom stereocenters. The number of aryl methyl sites for hydroxylation is 4. The smallest absolute Gasteiger partial charge is 0.0630 e. The molecule has 0 radical (unpaired) electrons. The molecule has 0 heterocycles. The summed E-state index contributed by atoms with van der Waals surface area (Å²) < 4.78 is 0. The highest BCUT2D eigenvalue weighted by molar-refractivity contribution is 6.21. The van der Waals surface area contributed by atoms with Gasteiger partial charge in [0.2, 0.25) is 0 Å². The largest absolute Gasteiger partial charge is 0.117 e. The fraction of sp³-hybridized carbons (Fsp3) is 0.333. The maximum atomic E-state index is 6.66. The van der Waals surface area contributed by atoms with E-state index in [4.69, 9.17) is 11.6 Å². The summed E-state index contributed by atoms with van der Waals surface area (Å²) in [7, 11) is 0. The van der Waals surface area contributed by atoms with Crippen molar-refractivity contribution in [3.63, 3.8) is 0 Å². The number of alkyl halides is 1.